The highest BCUT2D eigenvalue weighted by Gasteiger charge is 2.49. The second kappa shape index (κ2) is 4.37. The maximum absolute atomic E-state index is 11.1. The fourth-order valence-electron chi connectivity index (χ4n) is 3.84. The molecule has 3 heteroatoms. The first-order chi connectivity index (χ1) is 8.63. The van der Waals surface area contributed by atoms with Gasteiger partial charge in [0.15, 0.2) is 0 Å². The van der Waals surface area contributed by atoms with Gasteiger partial charge in [-0.3, -0.25) is 4.79 Å². The molecule has 1 fully saturated rings. The molecular formula is C15H17BrO2. The molecule has 1 saturated carbocycles. The van der Waals surface area contributed by atoms with Crippen LogP contribution in [-0.2, 0) is 16.6 Å². The van der Waals surface area contributed by atoms with Crippen molar-refractivity contribution in [2.75, 3.05) is 0 Å². The summed E-state index contributed by atoms with van der Waals surface area (Å²) >= 11 is 3.64. The molecule has 1 unspecified atom stereocenters. The molecule has 1 atom stereocenters. The van der Waals surface area contributed by atoms with E-state index in [-0.39, 0.29) is 5.41 Å². The molecule has 1 spiro atoms. The van der Waals surface area contributed by atoms with Crippen LogP contribution in [0.15, 0.2) is 22.7 Å². The van der Waals surface area contributed by atoms with Gasteiger partial charge in [-0.05, 0) is 54.2 Å². The highest BCUT2D eigenvalue weighted by molar-refractivity contribution is 9.10. The lowest BCUT2D eigenvalue weighted by molar-refractivity contribution is -0.139. The van der Waals surface area contributed by atoms with Crippen LogP contribution in [0, 0.1) is 5.92 Å². The van der Waals surface area contributed by atoms with Gasteiger partial charge in [0.25, 0.3) is 0 Å². The standard InChI is InChI=1S/C15H17BrO2/c16-13-4-1-3-12-11(13)6-5-10(9-14(17)18)15(12)7-2-8-15/h1,3-4,10H,2,5-9H2,(H,17,18). The minimum Gasteiger partial charge on any atom is -0.481 e. The number of hydrogen-bond donors (Lipinski definition) is 1. The van der Waals surface area contributed by atoms with Crippen LogP contribution >= 0.6 is 15.9 Å². The number of hydrogen-bond acceptors (Lipinski definition) is 1. The molecule has 2 aliphatic rings. The van der Waals surface area contributed by atoms with Crippen LogP contribution in [0.2, 0.25) is 0 Å². The van der Waals surface area contributed by atoms with Gasteiger partial charge in [-0.25, -0.2) is 0 Å². The Balaban J connectivity index is 2.03. The molecule has 0 saturated heterocycles. The largest absolute Gasteiger partial charge is 0.481 e. The Morgan fingerprint density at radius 1 is 1.44 bits per heavy atom. The number of aliphatic carboxylic acids is 1. The van der Waals surface area contributed by atoms with Crippen molar-refractivity contribution in [1.82, 2.24) is 0 Å². The lowest BCUT2D eigenvalue weighted by Crippen LogP contribution is -2.46. The van der Waals surface area contributed by atoms with Crippen LogP contribution < -0.4 is 0 Å². The summed E-state index contributed by atoms with van der Waals surface area (Å²) < 4.78 is 1.19. The van der Waals surface area contributed by atoms with Crippen molar-refractivity contribution < 1.29 is 9.90 Å². The highest BCUT2D eigenvalue weighted by Crippen LogP contribution is 2.56. The number of carboxylic acids is 1. The lowest BCUT2D eigenvalue weighted by atomic mass is 9.52. The van der Waals surface area contributed by atoms with Crippen molar-refractivity contribution in [3.05, 3.63) is 33.8 Å². The number of carbonyl (C=O) groups is 1. The zero-order valence-corrected chi connectivity index (χ0v) is 11.9. The maximum Gasteiger partial charge on any atom is 0.303 e. The summed E-state index contributed by atoms with van der Waals surface area (Å²) in [4.78, 5) is 11.1. The van der Waals surface area contributed by atoms with Gasteiger partial charge < -0.3 is 5.11 Å². The van der Waals surface area contributed by atoms with E-state index in [1.165, 1.54) is 22.0 Å². The molecule has 0 bridgehead atoms. The number of fused-ring (bicyclic) bond motifs is 2. The zero-order valence-electron chi connectivity index (χ0n) is 10.3. The third kappa shape index (κ3) is 1.71. The molecule has 96 valence electrons. The number of benzene rings is 1. The Morgan fingerprint density at radius 3 is 2.83 bits per heavy atom. The van der Waals surface area contributed by atoms with E-state index in [4.69, 9.17) is 5.11 Å². The van der Waals surface area contributed by atoms with Crippen molar-refractivity contribution in [1.29, 1.82) is 0 Å². The van der Waals surface area contributed by atoms with Gasteiger partial charge in [0.2, 0.25) is 0 Å². The minimum atomic E-state index is -0.648. The summed E-state index contributed by atoms with van der Waals surface area (Å²) in [7, 11) is 0. The number of carboxylic acid groups (broad SMARTS) is 1. The van der Waals surface area contributed by atoms with E-state index in [0.717, 1.165) is 25.7 Å². The number of rotatable bonds is 2. The summed E-state index contributed by atoms with van der Waals surface area (Å²) in [5.74, 6) is -0.324. The first kappa shape index (κ1) is 12.2. The Labute approximate surface area is 116 Å². The molecular weight excluding hydrogens is 292 g/mol. The Hall–Kier alpha value is -0.830. The molecule has 0 radical (unpaired) electrons. The fourth-order valence-corrected chi connectivity index (χ4v) is 4.40. The maximum atomic E-state index is 11.1. The molecule has 0 aliphatic heterocycles. The van der Waals surface area contributed by atoms with E-state index in [1.54, 1.807) is 0 Å². The van der Waals surface area contributed by atoms with Gasteiger partial charge in [0, 0.05) is 10.9 Å². The minimum absolute atomic E-state index is 0.162. The van der Waals surface area contributed by atoms with Crippen molar-refractivity contribution in [2.24, 2.45) is 5.92 Å². The third-order valence-corrected chi connectivity index (χ3v) is 5.59. The van der Waals surface area contributed by atoms with Crippen LogP contribution in [0.1, 0.15) is 43.2 Å². The fraction of sp³-hybridized carbons (Fsp3) is 0.533. The summed E-state index contributed by atoms with van der Waals surface area (Å²) in [6.07, 6.45) is 5.91. The van der Waals surface area contributed by atoms with Gasteiger partial charge in [-0.1, -0.05) is 34.5 Å². The molecule has 1 aromatic carbocycles. The molecule has 0 aromatic heterocycles. The van der Waals surface area contributed by atoms with E-state index in [1.807, 2.05) is 0 Å². The SMILES string of the molecule is O=C(O)CC1CCc2c(Br)cccc2C12CCC2. The van der Waals surface area contributed by atoms with Gasteiger partial charge in [0.1, 0.15) is 0 Å². The van der Waals surface area contributed by atoms with Crippen LogP contribution in [-0.4, -0.2) is 11.1 Å². The summed E-state index contributed by atoms with van der Waals surface area (Å²) in [6.45, 7) is 0. The molecule has 0 heterocycles. The second-order valence-corrected chi connectivity index (χ2v) is 6.46. The second-order valence-electron chi connectivity index (χ2n) is 5.61. The van der Waals surface area contributed by atoms with Crippen LogP contribution in [0.5, 0.6) is 0 Å². The first-order valence-corrected chi connectivity index (χ1v) is 7.42. The van der Waals surface area contributed by atoms with Gasteiger partial charge in [-0.15, -0.1) is 0 Å². The average molecular weight is 309 g/mol. The lowest BCUT2D eigenvalue weighted by Gasteiger charge is -2.52. The van der Waals surface area contributed by atoms with Crippen LogP contribution in [0.3, 0.4) is 0 Å². The monoisotopic (exact) mass is 308 g/mol. The van der Waals surface area contributed by atoms with E-state index in [0.29, 0.717) is 12.3 Å². The molecule has 2 aliphatic carbocycles. The molecule has 0 amide bonds. The van der Waals surface area contributed by atoms with E-state index in [2.05, 4.69) is 34.1 Å². The smallest absolute Gasteiger partial charge is 0.303 e. The molecule has 1 aromatic rings. The van der Waals surface area contributed by atoms with E-state index >= 15 is 0 Å². The van der Waals surface area contributed by atoms with Crippen molar-refractivity contribution in [3.8, 4) is 0 Å². The predicted octanol–water partition coefficient (Wildman–Crippen LogP) is 3.91. The quantitative estimate of drug-likeness (QED) is 0.899. The Kier molecular flexibility index (Phi) is 2.97. The van der Waals surface area contributed by atoms with Gasteiger partial charge in [0.05, 0.1) is 0 Å². The summed E-state index contributed by atoms with van der Waals surface area (Å²) in [5.41, 5.74) is 3.00. The molecule has 3 rings (SSSR count). The predicted molar refractivity (Wildman–Crippen MR) is 73.7 cm³/mol. The molecule has 1 N–H and O–H groups in total. The van der Waals surface area contributed by atoms with Gasteiger partial charge in [-0.2, -0.15) is 0 Å². The number of halogens is 1. The van der Waals surface area contributed by atoms with Crippen LogP contribution in [0.4, 0.5) is 0 Å². The zero-order chi connectivity index (χ0) is 12.8. The van der Waals surface area contributed by atoms with Crippen molar-refractivity contribution in [3.63, 3.8) is 0 Å². The summed E-state index contributed by atoms with van der Waals surface area (Å²) in [6, 6.07) is 6.40. The third-order valence-electron chi connectivity index (χ3n) is 4.85. The average Bonchev–Trinajstić information content (AvgIpc) is 2.26. The highest BCUT2D eigenvalue weighted by atomic mass is 79.9. The van der Waals surface area contributed by atoms with E-state index < -0.39 is 5.97 Å². The Bertz CT molecular complexity index is 491. The summed E-state index contributed by atoms with van der Waals surface area (Å²) in [5, 5.41) is 9.11. The molecule has 2 nitrogen and oxygen atoms in total. The normalized spacial score (nSPS) is 24.4. The van der Waals surface area contributed by atoms with Crippen LogP contribution in [0.25, 0.3) is 0 Å². The van der Waals surface area contributed by atoms with Crippen molar-refractivity contribution >= 4 is 21.9 Å². The van der Waals surface area contributed by atoms with E-state index in [9.17, 15) is 4.79 Å². The van der Waals surface area contributed by atoms with Crippen molar-refractivity contribution in [2.45, 2.75) is 43.9 Å². The topological polar surface area (TPSA) is 37.3 Å². The van der Waals surface area contributed by atoms with Gasteiger partial charge >= 0.3 is 5.97 Å². The molecule has 18 heavy (non-hydrogen) atoms. The Morgan fingerprint density at radius 2 is 2.22 bits per heavy atom. The first-order valence-electron chi connectivity index (χ1n) is 6.63.